The Labute approximate surface area is 146 Å². The van der Waals surface area contributed by atoms with Crippen LogP contribution in [0.1, 0.15) is 31.7 Å². The Morgan fingerprint density at radius 1 is 1.39 bits per heavy atom. The maximum atomic E-state index is 13.8. The highest BCUT2D eigenvalue weighted by molar-refractivity contribution is 9.10. The molecular weight excluding hydrogens is 359 g/mol. The van der Waals surface area contributed by atoms with Crippen molar-refractivity contribution >= 4 is 21.9 Å². The molecule has 128 valence electrons. The number of rotatable bonds is 5. The lowest BCUT2D eigenvalue weighted by molar-refractivity contribution is 0.206. The molecule has 1 heterocycles. The van der Waals surface area contributed by atoms with Crippen LogP contribution in [-0.2, 0) is 6.54 Å². The summed E-state index contributed by atoms with van der Waals surface area (Å²) in [7, 11) is 1.75. The predicted octanol–water partition coefficient (Wildman–Crippen LogP) is 3.13. The van der Waals surface area contributed by atoms with Gasteiger partial charge >= 0.3 is 0 Å². The molecule has 0 unspecified atom stereocenters. The summed E-state index contributed by atoms with van der Waals surface area (Å²) in [5.74, 6) is 0.530. The van der Waals surface area contributed by atoms with Gasteiger partial charge in [-0.05, 0) is 44.0 Å². The molecular formula is C17H26BrFN4. The summed E-state index contributed by atoms with van der Waals surface area (Å²) in [5.41, 5.74) is 0.625. The van der Waals surface area contributed by atoms with Crippen LogP contribution in [0.15, 0.2) is 27.7 Å². The zero-order chi connectivity index (χ0) is 16.7. The fourth-order valence-corrected chi connectivity index (χ4v) is 3.27. The first kappa shape index (κ1) is 18.2. The van der Waals surface area contributed by atoms with Crippen LogP contribution in [0.3, 0.4) is 0 Å². The number of piperidine rings is 1. The van der Waals surface area contributed by atoms with E-state index < -0.39 is 0 Å². The number of aliphatic imine (C=N–C) groups is 1. The highest BCUT2D eigenvalue weighted by atomic mass is 79.9. The molecule has 1 aliphatic rings. The van der Waals surface area contributed by atoms with Crippen LogP contribution in [0.25, 0.3) is 0 Å². The van der Waals surface area contributed by atoms with Crippen LogP contribution < -0.4 is 10.6 Å². The van der Waals surface area contributed by atoms with Gasteiger partial charge in [-0.25, -0.2) is 4.39 Å². The van der Waals surface area contributed by atoms with Crippen molar-refractivity contribution in [3.63, 3.8) is 0 Å². The summed E-state index contributed by atoms with van der Waals surface area (Å²) < 4.78 is 14.6. The van der Waals surface area contributed by atoms with Crippen LogP contribution in [0.4, 0.5) is 4.39 Å². The van der Waals surface area contributed by atoms with Crippen molar-refractivity contribution in [3.05, 3.63) is 34.1 Å². The van der Waals surface area contributed by atoms with E-state index >= 15 is 0 Å². The highest BCUT2D eigenvalue weighted by Gasteiger charge is 2.19. The first-order chi connectivity index (χ1) is 11.1. The minimum Gasteiger partial charge on any atom is -0.354 e. The SMILES string of the molecule is CCCN1CCC(NC(=NC)NCc2cc(Br)ccc2F)CC1. The third kappa shape index (κ3) is 5.77. The summed E-state index contributed by atoms with van der Waals surface area (Å²) in [4.78, 5) is 6.76. The number of likely N-dealkylation sites (tertiary alicyclic amines) is 1. The van der Waals surface area contributed by atoms with Crippen LogP contribution in [0.2, 0.25) is 0 Å². The Hall–Kier alpha value is -1.14. The number of halogens is 2. The molecule has 0 saturated carbocycles. The number of nitrogens with one attached hydrogen (secondary N) is 2. The molecule has 1 aromatic carbocycles. The predicted molar refractivity (Wildman–Crippen MR) is 97.2 cm³/mol. The van der Waals surface area contributed by atoms with Crippen molar-refractivity contribution in [2.24, 2.45) is 4.99 Å². The Balaban J connectivity index is 1.81. The van der Waals surface area contributed by atoms with Gasteiger partial charge in [0, 0.05) is 42.8 Å². The Kier molecular flexibility index (Phi) is 7.30. The average Bonchev–Trinajstić information content (AvgIpc) is 2.56. The first-order valence-electron chi connectivity index (χ1n) is 8.25. The summed E-state index contributed by atoms with van der Waals surface area (Å²) in [6, 6.07) is 5.40. The van der Waals surface area contributed by atoms with Crippen LogP contribution in [0, 0.1) is 5.82 Å². The molecule has 4 nitrogen and oxygen atoms in total. The molecule has 6 heteroatoms. The lowest BCUT2D eigenvalue weighted by Gasteiger charge is -2.32. The standard InChI is InChI=1S/C17H26BrFN4/c1-3-8-23-9-6-15(7-10-23)22-17(20-2)21-12-13-11-14(18)4-5-16(13)19/h4-5,11,15H,3,6-10,12H2,1-2H3,(H2,20,21,22). The van der Waals surface area contributed by atoms with E-state index in [2.05, 4.69) is 43.4 Å². The van der Waals surface area contributed by atoms with Crippen molar-refractivity contribution in [1.29, 1.82) is 0 Å². The molecule has 0 radical (unpaired) electrons. The van der Waals surface area contributed by atoms with Crippen LogP contribution in [0.5, 0.6) is 0 Å². The number of nitrogens with zero attached hydrogens (tertiary/aromatic N) is 2. The lowest BCUT2D eigenvalue weighted by atomic mass is 10.1. The number of hydrogen-bond acceptors (Lipinski definition) is 2. The van der Waals surface area contributed by atoms with Gasteiger partial charge < -0.3 is 15.5 Å². The van der Waals surface area contributed by atoms with Crippen molar-refractivity contribution in [3.8, 4) is 0 Å². The van der Waals surface area contributed by atoms with E-state index in [0.29, 0.717) is 18.2 Å². The maximum absolute atomic E-state index is 13.8. The van der Waals surface area contributed by atoms with Gasteiger partial charge in [-0.3, -0.25) is 4.99 Å². The topological polar surface area (TPSA) is 39.7 Å². The first-order valence-corrected chi connectivity index (χ1v) is 9.05. The smallest absolute Gasteiger partial charge is 0.191 e. The van der Waals surface area contributed by atoms with Crippen molar-refractivity contribution < 1.29 is 4.39 Å². The molecule has 0 atom stereocenters. The zero-order valence-corrected chi connectivity index (χ0v) is 15.5. The van der Waals surface area contributed by atoms with E-state index in [0.717, 1.165) is 36.4 Å². The van der Waals surface area contributed by atoms with Gasteiger partial charge in [0.2, 0.25) is 0 Å². The molecule has 2 N–H and O–H groups in total. The molecule has 1 aliphatic heterocycles. The Morgan fingerprint density at radius 2 is 2.13 bits per heavy atom. The minimum absolute atomic E-state index is 0.205. The van der Waals surface area contributed by atoms with Gasteiger partial charge in [-0.1, -0.05) is 22.9 Å². The summed E-state index contributed by atoms with van der Waals surface area (Å²) in [6.45, 7) is 6.07. The van der Waals surface area contributed by atoms with Gasteiger partial charge in [0.1, 0.15) is 5.82 Å². The van der Waals surface area contributed by atoms with Crippen molar-refractivity contribution in [2.45, 2.75) is 38.8 Å². The molecule has 1 fully saturated rings. The summed E-state index contributed by atoms with van der Waals surface area (Å²) in [5, 5.41) is 6.65. The van der Waals surface area contributed by atoms with Crippen molar-refractivity contribution in [1.82, 2.24) is 15.5 Å². The molecule has 0 bridgehead atoms. The normalized spacial score (nSPS) is 17.3. The third-order valence-electron chi connectivity index (χ3n) is 4.15. The maximum Gasteiger partial charge on any atom is 0.191 e. The monoisotopic (exact) mass is 384 g/mol. The lowest BCUT2D eigenvalue weighted by Crippen LogP contribution is -2.48. The third-order valence-corrected chi connectivity index (χ3v) is 4.64. The van der Waals surface area contributed by atoms with Gasteiger partial charge in [-0.2, -0.15) is 0 Å². The highest BCUT2D eigenvalue weighted by Crippen LogP contribution is 2.15. The van der Waals surface area contributed by atoms with Gasteiger partial charge in [0.05, 0.1) is 0 Å². The van der Waals surface area contributed by atoms with E-state index in [4.69, 9.17) is 0 Å². The molecule has 0 spiro atoms. The van der Waals surface area contributed by atoms with Crippen molar-refractivity contribution in [2.75, 3.05) is 26.7 Å². The fraction of sp³-hybridized carbons (Fsp3) is 0.588. The fourth-order valence-electron chi connectivity index (χ4n) is 2.86. The molecule has 1 saturated heterocycles. The molecule has 0 aromatic heterocycles. The van der Waals surface area contributed by atoms with Gasteiger partial charge in [0.15, 0.2) is 5.96 Å². The van der Waals surface area contributed by atoms with Crippen LogP contribution >= 0.6 is 15.9 Å². The molecule has 1 aromatic rings. The quantitative estimate of drug-likeness (QED) is 0.605. The second-order valence-corrected chi connectivity index (χ2v) is 6.84. The van der Waals surface area contributed by atoms with Gasteiger partial charge in [-0.15, -0.1) is 0 Å². The number of benzene rings is 1. The zero-order valence-electron chi connectivity index (χ0n) is 13.9. The molecule has 23 heavy (non-hydrogen) atoms. The average molecular weight is 385 g/mol. The Morgan fingerprint density at radius 3 is 2.78 bits per heavy atom. The summed E-state index contributed by atoms with van der Waals surface area (Å²) >= 11 is 3.37. The number of guanidine groups is 1. The molecule has 0 amide bonds. The van der Waals surface area contributed by atoms with E-state index in [1.54, 1.807) is 19.2 Å². The Bertz CT molecular complexity index is 527. The summed E-state index contributed by atoms with van der Waals surface area (Å²) in [6.07, 6.45) is 3.44. The second kappa shape index (κ2) is 9.23. The van der Waals surface area contributed by atoms with E-state index in [9.17, 15) is 4.39 Å². The van der Waals surface area contributed by atoms with Crippen LogP contribution in [-0.4, -0.2) is 43.6 Å². The number of hydrogen-bond donors (Lipinski definition) is 2. The van der Waals surface area contributed by atoms with E-state index in [-0.39, 0.29) is 5.82 Å². The van der Waals surface area contributed by atoms with E-state index in [1.165, 1.54) is 19.0 Å². The largest absolute Gasteiger partial charge is 0.354 e. The minimum atomic E-state index is -0.205. The van der Waals surface area contributed by atoms with Gasteiger partial charge in [0.25, 0.3) is 0 Å². The molecule has 2 rings (SSSR count). The van der Waals surface area contributed by atoms with E-state index in [1.807, 2.05) is 0 Å². The molecule has 0 aliphatic carbocycles. The second-order valence-electron chi connectivity index (χ2n) is 5.92.